The molecule has 3 heteroatoms. The van der Waals surface area contributed by atoms with E-state index >= 15 is 0 Å². The van der Waals surface area contributed by atoms with Gasteiger partial charge in [-0.1, -0.05) is 0 Å². The molecule has 0 spiro atoms. The third-order valence-electron chi connectivity index (χ3n) is 1.74. The lowest BCUT2D eigenvalue weighted by molar-refractivity contribution is -0.111. The lowest BCUT2D eigenvalue weighted by Crippen LogP contribution is -2.25. The van der Waals surface area contributed by atoms with Crippen LogP contribution in [0, 0.1) is 0 Å². The van der Waals surface area contributed by atoms with Crippen molar-refractivity contribution in [3.63, 3.8) is 0 Å². The monoisotopic (exact) mass is 129 g/mol. The summed E-state index contributed by atoms with van der Waals surface area (Å²) in [5.41, 5.74) is 0. The summed E-state index contributed by atoms with van der Waals surface area (Å²) in [6, 6.07) is -0.0556. The Morgan fingerprint density at radius 2 is 2.44 bits per heavy atom. The van der Waals surface area contributed by atoms with Crippen molar-refractivity contribution in [1.29, 1.82) is 0 Å². The molecule has 0 aromatic heterocycles. The van der Waals surface area contributed by atoms with Crippen molar-refractivity contribution in [3.8, 4) is 0 Å². The van der Waals surface area contributed by atoms with Crippen molar-refractivity contribution in [3.05, 3.63) is 0 Å². The van der Waals surface area contributed by atoms with Gasteiger partial charge >= 0.3 is 0 Å². The number of carbonyl (C=O) groups is 1. The minimum Gasteiger partial charge on any atom is -0.392 e. The van der Waals surface area contributed by atoms with Crippen LogP contribution in [0.5, 0.6) is 0 Å². The fourth-order valence-corrected chi connectivity index (χ4v) is 1.16. The van der Waals surface area contributed by atoms with Gasteiger partial charge < -0.3 is 9.90 Å². The fourth-order valence-electron chi connectivity index (χ4n) is 1.16. The molecule has 0 unspecified atom stereocenters. The Balaban J connectivity index is 2.47. The standard InChI is InChI=1S/C6H11NO2/c1-7-3-6(9)2-5(7)4-8/h4-6,9H,2-3H2,1H3/t5-,6-/m0/s1. The Bertz CT molecular complexity index is 116. The molecular weight excluding hydrogens is 118 g/mol. The maximum absolute atomic E-state index is 10.2. The predicted octanol–water partition coefficient (Wildman–Crippen LogP) is -0.750. The molecule has 0 aliphatic carbocycles. The number of aldehydes is 1. The SMILES string of the molecule is CN1C[C@@H](O)C[C@H]1C=O. The van der Waals surface area contributed by atoms with E-state index < -0.39 is 0 Å². The number of hydrogen-bond acceptors (Lipinski definition) is 3. The number of nitrogens with zero attached hydrogens (tertiary/aromatic N) is 1. The molecule has 0 bridgehead atoms. The molecule has 9 heavy (non-hydrogen) atoms. The van der Waals surface area contributed by atoms with Gasteiger partial charge in [-0.05, 0) is 13.5 Å². The van der Waals surface area contributed by atoms with E-state index in [9.17, 15) is 4.79 Å². The average Bonchev–Trinajstić information content (AvgIpc) is 2.10. The maximum Gasteiger partial charge on any atom is 0.137 e. The van der Waals surface area contributed by atoms with Crippen molar-refractivity contribution in [2.45, 2.75) is 18.6 Å². The summed E-state index contributed by atoms with van der Waals surface area (Å²) in [5, 5.41) is 9.00. The summed E-state index contributed by atoms with van der Waals surface area (Å²) in [6.45, 7) is 0.628. The Kier molecular flexibility index (Phi) is 1.83. The molecule has 0 aromatic rings. The number of likely N-dealkylation sites (tertiary alicyclic amines) is 1. The largest absolute Gasteiger partial charge is 0.392 e. The molecule has 0 saturated carbocycles. The van der Waals surface area contributed by atoms with Gasteiger partial charge in [0.2, 0.25) is 0 Å². The molecule has 0 aromatic carbocycles. The first-order chi connectivity index (χ1) is 4.24. The Hall–Kier alpha value is -0.410. The van der Waals surface area contributed by atoms with E-state index in [4.69, 9.17) is 5.11 Å². The third-order valence-corrected chi connectivity index (χ3v) is 1.74. The maximum atomic E-state index is 10.2. The highest BCUT2D eigenvalue weighted by molar-refractivity contribution is 5.58. The zero-order chi connectivity index (χ0) is 6.85. The first-order valence-electron chi connectivity index (χ1n) is 3.07. The second kappa shape index (κ2) is 2.45. The normalized spacial score (nSPS) is 37.1. The third kappa shape index (κ3) is 1.28. The Labute approximate surface area is 54.3 Å². The number of aliphatic hydroxyl groups excluding tert-OH is 1. The zero-order valence-corrected chi connectivity index (χ0v) is 5.45. The van der Waals surface area contributed by atoms with Crippen molar-refractivity contribution in [2.24, 2.45) is 0 Å². The number of β-amino-alcohol motifs (C(OH)–C–C–N with tert-alkyl or cyclic N) is 1. The van der Waals surface area contributed by atoms with E-state index in [-0.39, 0.29) is 12.1 Å². The zero-order valence-electron chi connectivity index (χ0n) is 5.45. The van der Waals surface area contributed by atoms with Gasteiger partial charge in [-0.15, -0.1) is 0 Å². The van der Waals surface area contributed by atoms with Crippen LogP contribution >= 0.6 is 0 Å². The van der Waals surface area contributed by atoms with Gasteiger partial charge in [-0.25, -0.2) is 0 Å². The molecule has 1 N–H and O–H groups in total. The van der Waals surface area contributed by atoms with Crippen LogP contribution in [0.2, 0.25) is 0 Å². The topological polar surface area (TPSA) is 40.5 Å². The quantitative estimate of drug-likeness (QED) is 0.473. The van der Waals surface area contributed by atoms with Crippen LogP contribution in [-0.2, 0) is 4.79 Å². The van der Waals surface area contributed by atoms with Crippen LogP contribution in [0.3, 0.4) is 0 Å². The molecule has 0 radical (unpaired) electrons. The van der Waals surface area contributed by atoms with Crippen LogP contribution in [0.15, 0.2) is 0 Å². The molecule has 1 aliphatic heterocycles. The van der Waals surface area contributed by atoms with Crippen molar-refractivity contribution < 1.29 is 9.90 Å². The Morgan fingerprint density at radius 3 is 2.67 bits per heavy atom. The van der Waals surface area contributed by atoms with E-state index in [1.165, 1.54) is 0 Å². The highest BCUT2D eigenvalue weighted by Crippen LogP contribution is 2.12. The van der Waals surface area contributed by atoms with Gasteiger partial charge in [-0.3, -0.25) is 4.90 Å². The minimum atomic E-state index is -0.301. The molecule has 1 fully saturated rings. The number of likely N-dealkylation sites (N-methyl/N-ethyl adjacent to an activating group) is 1. The van der Waals surface area contributed by atoms with Gasteiger partial charge in [0.1, 0.15) is 6.29 Å². The van der Waals surface area contributed by atoms with Crippen molar-refractivity contribution in [1.82, 2.24) is 4.90 Å². The molecule has 1 saturated heterocycles. The molecule has 52 valence electrons. The van der Waals surface area contributed by atoms with Gasteiger partial charge in [0.25, 0.3) is 0 Å². The number of hydrogen-bond donors (Lipinski definition) is 1. The molecule has 1 aliphatic rings. The first kappa shape index (κ1) is 6.71. The summed E-state index contributed by atoms with van der Waals surface area (Å²) in [7, 11) is 1.84. The summed E-state index contributed by atoms with van der Waals surface area (Å²) >= 11 is 0. The molecular formula is C6H11NO2. The smallest absolute Gasteiger partial charge is 0.137 e. The highest BCUT2D eigenvalue weighted by atomic mass is 16.3. The second-order valence-corrected chi connectivity index (χ2v) is 2.53. The molecule has 0 amide bonds. The predicted molar refractivity (Wildman–Crippen MR) is 33.1 cm³/mol. The van der Waals surface area contributed by atoms with E-state index in [0.717, 1.165) is 6.29 Å². The summed E-state index contributed by atoms with van der Waals surface area (Å²) in [6.07, 6.45) is 1.18. The summed E-state index contributed by atoms with van der Waals surface area (Å²) in [5.74, 6) is 0. The Morgan fingerprint density at radius 1 is 1.78 bits per heavy atom. The van der Waals surface area contributed by atoms with E-state index in [1.807, 2.05) is 11.9 Å². The molecule has 1 heterocycles. The number of aliphatic hydroxyl groups is 1. The van der Waals surface area contributed by atoms with E-state index in [1.54, 1.807) is 0 Å². The van der Waals surface area contributed by atoms with Crippen LogP contribution < -0.4 is 0 Å². The number of carbonyl (C=O) groups excluding carboxylic acids is 1. The van der Waals surface area contributed by atoms with Gasteiger partial charge in [0.15, 0.2) is 0 Å². The number of rotatable bonds is 1. The van der Waals surface area contributed by atoms with E-state index in [0.29, 0.717) is 13.0 Å². The van der Waals surface area contributed by atoms with Gasteiger partial charge in [-0.2, -0.15) is 0 Å². The lowest BCUT2D eigenvalue weighted by atomic mass is 10.2. The minimum absolute atomic E-state index is 0.0556. The van der Waals surface area contributed by atoms with Crippen LogP contribution in [0.25, 0.3) is 0 Å². The van der Waals surface area contributed by atoms with Crippen LogP contribution in [0.4, 0.5) is 0 Å². The highest BCUT2D eigenvalue weighted by Gasteiger charge is 2.26. The van der Waals surface area contributed by atoms with Crippen LogP contribution in [-0.4, -0.2) is 42.0 Å². The summed E-state index contributed by atoms with van der Waals surface area (Å²) < 4.78 is 0. The van der Waals surface area contributed by atoms with E-state index in [2.05, 4.69) is 0 Å². The van der Waals surface area contributed by atoms with Crippen molar-refractivity contribution >= 4 is 6.29 Å². The van der Waals surface area contributed by atoms with Gasteiger partial charge in [0.05, 0.1) is 12.1 Å². The molecule has 1 rings (SSSR count). The fraction of sp³-hybridized carbons (Fsp3) is 0.833. The first-order valence-corrected chi connectivity index (χ1v) is 3.07. The lowest BCUT2D eigenvalue weighted by Gasteiger charge is -2.10. The molecule has 2 atom stereocenters. The average molecular weight is 129 g/mol. The summed E-state index contributed by atoms with van der Waals surface area (Å²) in [4.78, 5) is 12.1. The molecule has 3 nitrogen and oxygen atoms in total. The van der Waals surface area contributed by atoms with Crippen LogP contribution in [0.1, 0.15) is 6.42 Å². The van der Waals surface area contributed by atoms with Crippen molar-refractivity contribution in [2.75, 3.05) is 13.6 Å². The van der Waals surface area contributed by atoms with Gasteiger partial charge in [0, 0.05) is 6.54 Å². The second-order valence-electron chi connectivity index (χ2n) is 2.53.